The molecule has 0 amide bonds. The monoisotopic (exact) mass is 164 g/mol. The van der Waals surface area contributed by atoms with E-state index in [1.807, 2.05) is 0 Å². The van der Waals surface area contributed by atoms with Crippen molar-refractivity contribution >= 4 is 5.95 Å². The van der Waals surface area contributed by atoms with Gasteiger partial charge in [-0.25, -0.2) is 9.97 Å². The van der Waals surface area contributed by atoms with Crippen LogP contribution in [0.2, 0.25) is 0 Å². The van der Waals surface area contributed by atoms with Crippen molar-refractivity contribution in [3.8, 4) is 0 Å². The van der Waals surface area contributed by atoms with Gasteiger partial charge >= 0.3 is 0 Å². The molecule has 0 saturated heterocycles. The van der Waals surface area contributed by atoms with Crippen molar-refractivity contribution in [2.24, 2.45) is 5.11 Å². The van der Waals surface area contributed by atoms with Crippen molar-refractivity contribution in [2.45, 2.75) is 0 Å². The van der Waals surface area contributed by atoms with Crippen molar-refractivity contribution in [3.63, 3.8) is 0 Å². The van der Waals surface area contributed by atoms with E-state index in [4.69, 9.17) is 5.53 Å². The molecular formula is C6H8N6. The van der Waals surface area contributed by atoms with E-state index in [0.717, 1.165) is 0 Å². The maximum Gasteiger partial charge on any atom is 0.222 e. The zero-order chi connectivity index (χ0) is 8.65. The Labute approximate surface area is 69.3 Å². The number of anilines is 1. The van der Waals surface area contributed by atoms with E-state index < -0.39 is 0 Å². The Bertz CT molecular complexity index is 265. The van der Waals surface area contributed by atoms with Crippen molar-refractivity contribution in [2.75, 3.05) is 18.4 Å². The summed E-state index contributed by atoms with van der Waals surface area (Å²) in [6.07, 6.45) is 3.28. The average Bonchev–Trinajstić information content (AvgIpc) is 2.14. The molecule has 1 heterocycles. The van der Waals surface area contributed by atoms with E-state index in [-0.39, 0.29) is 0 Å². The molecule has 12 heavy (non-hydrogen) atoms. The highest BCUT2D eigenvalue weighted by atomic mass is 15.2. The lowest BCUT2D eigenvalue weighted by atomic mass is 10.6. The van der Waals surface area contributed by atoms with Crippen molar-refractivity contribution in [1.82, 2.24) is 9.97 Å². The lowest BCUT2D eigenvalue weighted by Gasteiger charge is -1.99. The van der Waals surface area contributed by atoms with Crippen LogP contribution >= 0.6 is 0 Å². The van der Waals surface area contributed by atoms with Gasteiger partial charge in [0.1, 0.15) is 0 Å². The van der Waals surface area contributed by atoms with Crippen molar-refractivity contribution in [1.29, 1.82) is 0 Å². The fourth-order valence-electron chi connectivity index (χ4n) is 0.653. The highest BCUT2D eigenvalue weighted by Crippen LogP contribution is 1.91. The van der Waals surface area contributed by atoms with Gasteiger partial charge in [-0.15, -0.1) is 0 Å². The first-order chi connectivity index (χ1) is 5.93. The third kappa shape index (κ3) is 2.85. The Morgan fingerprint density at radius 3 is 2.92 bits per heavy atom. The Kier molecular flexibility index (Phi) is 3.40. The van der Waals surface area contributed by atoms with Gasteiger partial charge in [-0.1, -0.05) is 5.11 Å². The summed E-state index contributed by atoms with van der Waals surface area (Å²) in [5.41, 5.74) is 7.96. The summed E-state index contributed by atoms with van der Waals surface area (Å²) >= 11 is 0. The zero-order valence-electron chi connectivity index (χ0n) is 6.38. The number of hydrogen-bond acceptors (Lipinski definition) is 4. The van der Waals surface area contributed by atoms with Crippen molar-refractivity contribution < 1.29 is 0 Å². The fraction of sp³-hybridized carbons (Fsp3) is 0.333. The number of azide groups is 1. The molecule has 0 aliphatic carbocycles. The molecule has 0 fully saturated rings. The first kappa shape index (κ1) is 8.29. The molecule has 0 unspecified atom stereocenters. The molecule has 6 heteroatoms. The molecule has 0 radical (unpaired) electrons. The third-order valence-electron chi connectivity index (χ3n) is 1.12. The van der Waals surface area contributed by atoms with Crippen LogP contribution in [0.5, 0.6) is 0 Å². The molecule has 62 valence electrons. The molecule has 1 N–H and O–H groups in total. The van der Waals surface area contributed by atoms with E-state index >= 15 is 0 Å². The Morgan fingerprint density at radius 2 is 2.25 bits per heavy atom. The van der Waals surface area contributed by atoms with Crippen molar-refractivity contribution in [3.05, 3.63) is 28.9 Å². The summed E-state index contributed by atoms with van der Waals surface area (Å²) in [6.45, 7) is 0.947. The third-order valence-corrected chi connectivity index (χ3v) is 1.12. The zero-order valence-corrected chi connectivity index (χ0v) is 6.38. The highest BCUT2D eigenvalue weighted by molar-refractivity contribution is 5.21. The predicted molar refractivity (Wildman–Crippen MR) is 44.5 cm³/mol. The number of nitrogens with one attached hydrogen (secondary N) is 1. The Balaban J connectivity index is 2.29. The van der Waals surface area contributed by atoms with Crippen LogP contribution in [-0.2, 0) is 0 Å². The normalized spacial score (nSPS) is 8.67. The molecule has 1 aromatic heterocycles. The number of nitrogens with zero attached hydrogens (tertiary/aromatic N) is 5. The largest absolute Gasteiger partial charge is 0.354 e. The molecule has 0 atom stereocenters. The van der Waals surface area contributed by atoms with Gasteiger partial charge in [-0.05, 0) is 11.6 Å². The summed E-state index contributed by atoms with van der Waals surface area (Å²) in [6, 6.07) is 1.73. The molecule has 0 spiro atoms. The molecule has 0 saturated carbocycles. The van der Waals surface area contributed by atoms with E-state index in [0.29, 0.717) is 19.0 Å². The Hall–Kier alpha value is -1.81. The van der Waals surface area contributed by atoms with Crippen LogP contribution in [0.15, 0.2) is 23.6 Å². The quantitative estimate of drug-likeness (QED) is 0.314. The minimum atomic E-state index is 0.398. The second-order valence-corrected chi connectivity index (χ2v) is 1.95. The van der Waals surface area contributed by atoms with E-state index in [2.05, 4.69) is 25.3 Å². The van der Waals surface area contributed by atoms with E-state index in [9.17, 15) is 0 Å². The lowest BCUT2D eigenvalue weighted by Crippen LogP contribution is -2.06. The first-order valence-electron chi connectivity index (χ1n) is 3.45. The second kappa shape index (κ2) is 4.92. The standard InChI is InChI=1S/C6H8N6/c7-12-11-5-4-10-6-8-2-1-3-9-6/h1-3H,4-5H2,(H,8,9,10). The lowest BCUT2D eigenvalue weighted by molar-refractivity contribution is 0.978. The first-order valence-corrected chi connectivity index (χ1v) is 3.45. The van der Waals surface area contributed by atoms with Gasteiger partial charge in [0.15, 0.2) is 0 Å². The topological polar surface area (TPSA) is 86.6 Å². The highest BCUT2D eigenvalue weighted by Gasteiger charge is 1.89. The van der Waals surface area contributed by atoms with Crippen LogP contribution in [0, 0.1) is 0 Å². The van der Waals surface area contributed by atoms with Crippen LogP contribution < -0.4 is 5.32 Å². The smallest absolute Gasteiger partial charge is 0.222 e. The molecule has 0 aromatic carbocycles. The summed E-state index contributed by atoms with van der Waals surface area (Å²) in [4.78, 5) is 10.4. The molecule has 0 bridgehead atoms. The van der Waals surface area contributed by atoms with Gasteiger partial charge in [0.2, 0.25) is 5.95 Å². The summed E-state index contributed by atoms with van der Waals surface area (Å²) in [5, 5.41) is 6.24. The molecule has 0 aliphatic rings. The summed E-state index contributed by atoms with van der Waals surface area (Å²) < 4.78 is 0. The van der Waals surface area contributed by atoms with Gasteiger partial charge in [0.05, 0.1) is 0 Å². The SMILES string of the molecule is [N-]=[N+]=NCCNc1ncccn1. The van der Waals surface area contributed by atoms with Gasteiger partial charge in [-0.2, -0.15) is 0 Å². The van der Waals surface area contributed by atoms with Gasteiger partial charge < -0.3 is 5.32 Å². The summed E-state index contributed by atoms with van der Waals surface area (Å²) in [7, 11) is 0. The minimum Gasteiger partial charge on any atom is -0.354 e. The van der Waals surface area contributed by atoms with Crippen LogP contribution in [0.4, 0.5) is 5.95 Å². The number of aromatic nitrogens is 2. The fourth-order valence-corrected chi connectivity index (χ4v) is 0.653. The molecule has 0 aliphatic heterocycles. The van der Waals surface area contributed by atoms with E-state index in [1.54, 1.807) is 18.5 Å². The summed E-state index contributed by atoms with van der Waals surface area (Å²) in [5.74, 6) is 0.547. The average molecular weight is 164 g/mol. The van der Waals surface area contributed by atoms with Crippen LogP contribution in [0.25, 0.3) is 10.4 Å². The van der Waals surface area contributed by atoms with Gasteiger partial charge in [0.25, 0.3) is 0 Å². The van der Waals surface area contributed by atoms with Crippen LogP contribution in [0.3, 0.4) is 0 Å². The maximum absolute atomic E-state index is 7.96. The van der Waals surface area contributed by atoms with Crippen LogP contribution in [-0.4, -0.2) is 23.1 Å². The predicted octanol–water partition coefficient (Wildman–Crippen LogP) is 1.20. The molecule has 1 aromatic rings. The molecule has 6 nitrogen and oxygen atoms in total. The maximum atomic E-state index is 7.96. The Morgan fingerprint density at radius 1 is 1.50 bits per heavy atom. The number of rotatable bonds is 4. The molecule has 1 rings (SSSR count). The van der Waals surface area contributed by atoms with Crippen LogP contribution in [0.1, 0.15) is 0 Å². The second-order valence-electron chi connectivity index (χ2n) is 1.95. The number of hydrogen-bond donors (Lipinski definition) is 1. The van der Waals surface area contributed by atoms with Gasteiger partial charge in [0, 0.05) is 30.4 Å². The molecular weight excluding hydrogens is 156 g/mol. The van der Waals surface area contributed by atoms with E-state index in [1.165, 1.54) is 0 Å². The van der Waals surface area contributed by atoms with Gasteiger partial charge in [-0.3, -0.25) is 0 Å². The minimum absolute atomic E-state index is 0.398.